The molecule has 0 aliphatic rings. The van der Waals surface area contributed by atoms with Gasteiger partial charge >= 0.3 is 0 Å². The Kier molecular flexibility index (Phi) is 10.5. The molecule has 0 saturated carbocycles. The van der Waals surface area contributed by atoms with E-state index in [2.05, 4.69) is 52.2 Å². The number of rotatable bonds is 7. The SMILES string of the molecule is CN=C(NCCCn1nc(C)cc1C)NCCC(C)C.I. The minimum absolute atomic E-state index is 0. The number of aliphatic imine (C=N–C) groups is 1. The number of aromatic nitrogens is 2. The van der Waals surface area contributed by atoms with Crippen LogP contribution < -0.4 is 10.6 Å². The number of nitrogens with zero attached hydrogens (tertiary/aromatic N) is 3. The first-order valence-electron chi connectivity index (χ1n) is 7.48. The Bertz CT molecular complexity index is 426. The van der Waals surface area contributed by atoms with Crippen molar-refractivity contribution in [2.45, 2.75) is 47.1 Å². The van der Waals surface area contributed by atoms with Crippen molar-refractivity contribution in [3.05, 3.63) is 17.5 Å². The van der Waals surface area contributed by atoms with Gasteiger partial charge in [-0.25, -0.2) is 0 Å². The van der Waals surface area contributed by atoms with Crippen LogP contribution in [0.2, 0.25) is 0 Å². The van der Waals surface area contributed by atoms with E-state index in [1.807, 2.05) is 14.0 Å². The number of guanidine groups is 1. The summed E-state index contributed by atoms with van der Waals surface area (Å²) < 4.78 is 2.06. The summed E-state index contributed by atoms with van der Waals surface area (Å²) in [6.45, 7) is 11.4. The van der Waals surface area contributed by atoms with Gasteiger partial charge in [-0.2, -0.15) is 5.10 Å². The highest BCUT2D eigenvalue weighted by atomic mass is 127. The average Bonchev–Trinajstić information content (AvgIpc) is 2.70. The molecular weight excluding hydrogens is 377 g/mol. The summed E-state index contributed by atoms with van der Waals surface area (Å²) in [6.07, 6.45) is 2.19. The third kappa shape index (κ3) is 8.28. The lowest BCUT2D eigenvalue weighted by molar-refractivity contribution is 0.550. The zero-order valence-corrected chi connectivity index (χ0v) is 16.3. The molecule has 0 aliphatic carbocycles. The fraction of sp³-hybridized carbons (Fsp3) is 0.733. The second-order valence-electron chi connectivity index (χ2n) is 5.61. The van der Waals surface area contributed by atoms with Crippen LogP contribution in [0.3, 0.4) is 0 Å². The van der Waals surface area contributed by atoms with Crippen LogP contribution >= 0.6 is 24.0 Å². The van der Waals surface area contributed by atoms with Gasteiger partial charge < -0.3 is 10.6 Å². The van der Waals surface area contributed by atoms with E-state index in [0.29, 0.717) is 5.92 Å². The van der Waals surface area contributed by atoms with Crippen molar-refractivity contribution in [3.63, 3.8) is 0 Å². The Balaban J connectivity index is 0.00000400. The largest absolute Gasteiger partial charge is 0.356 e. The second-order valence-corrected chi connectivity index (χ2v) is 5.61. The summed E-state index contributed by atoms with van der Waals surface area (Å²) in [4.78, 5) is 4.22. The van der Waals surface area contributed by atoms with Crippen LogP contribution in [-0.2, 0) is 6.54 Å². The van der Waals surface area contributed by atoms with Gasteiger partial charge in [-0.05, 0) is 38.7 Å². The van der Waals surface area contributed by atoms with Gasteiger partial charge in [0.25, 0.3) is 0 Å². The molecule has 21 heavy (non-hydrogen) atoms. The van der Waals surface area contributed by atoms with Crippen molar-refractivity contribution >= 4 is 29.9 Å². The molecule has 1 heterocycles. The molecular formula is C15H30IN5. The van der Waals surface area contributed by atoms with Crippen molar-refractivity contribution in [2.24, 2.45) is 10.9 Å². The molecule has 0 saturated heterocycles. The summed E-state index contributed by atoms with van der Waals surface area (Å²) >= 11 is 0. The molecule has 0 fully saturated rings. The molecule has 0 unspecified atom stereocenters. The Morgan fingerprint density at radius 3 is 2.48 bits per heavy atom. The van der Waals surface area contributed by atoms with E-state index in [0.717, 1.165) is 44.1 Å². The van der Waals surface area contributed by atoms with E-state index in [1.54, 1.807) is 0 Å². The summed E-state index contributed by atoms with van der Waals surface area (Å²) in [5.74, 6) is 1.60. The van der Waals surface area contributed by atoms with Crippen molar-refractivity contribution in [1.29, 1.82) is 0 Å². The highest BCUT2D eigenvalue weighted by Crippen LogP contribution is 2.02. The average molecular weight is 407 g/mol. The van der Waals surface area contributed by atoms with E-state index < -0.39 is 0 Å². The summed E-state index contributed by atoms with van der Waals surface area (Å²) in [5.41, 5.74) is 2.31. The standard InChI is InChI=1S/C15H29N5.HI/c1-12(2)7-9-18-15(16-5)17-8-6-10-20-14(4)11-13(3)19-20;/h11-12H,6-10H2,1-5H3,(H2,16,17,18);1H. The Hall–Kier alpha value is -0.790. The lowest BCUT2D eigenvalue weighted by atomic mass is 10.1. The van der Waals surface area contributed by atoms with Gasteiger partial charge in [-0.15, -0.1) is 24.0 Å². The third-order valence-corrected chi connectivity index (χ3v) is 3.18. The molecule has 0 aliphatic heterocycles. The molecule has 0 atom stereocenters. The molecule has 122 valence electrons. The molecule has 0 aromatic carbocycles. The lowest BCUT2D eigenvalue weighted by Crippen LogP contribution is -2.38. The van der Waals surface area contributed by atoms with E-state index in [1.165, 1.54) is 5.69 Å². The molecule has 1 aromatic heterocycles. The first-order valence-corrected chi connectivity index (χ1v) is 7.48. The highest BCUT2D eigenvalue weighted by Gasteiger charge is 2.01. The van der Waals surface area contributed by atoms with Crippen LogP contribution in [0, 0.1) is 19.8 Å². The van der Waals surface area contributed by atoms with Crippen LogP contribution in [-0.4, -0.2) is 35.9 Å². The third-order valence-electron chi connectivity index (χ3n) is 3.18. The first kappa shape index (κ1) is 20.2. The molecule has 5 nitrogen and oxygen atoms in total. The van der Waals surface area contributed by atoms with Gasteiger partial charge in [-0.3, -0.25) is 9.67 Å². The predicted octanol–water partition coefficient (Wildman–Crippen LogP) is 2.72. The molecule has 0 amide bonds. The van der Waals surface area contributed by atoms with Gasteiger partial charge in [0.1, 0.15) is 0 Å². The van der Waals surface area contributed by atoms with Crippen LogP contribution in [0.4, 0.5) is 0 Å². The molecule has 6 heteroatoms. The summed E-state index contributed by atoms with van der Waals surface area (Å²) in [7, 11) is 1.81. The highest BCUT2D eigenvalue weighted by molar-refractivity contribution is 14.0. The lowest BCUT2D eigenvalue weighted by Gasteiger charge is -2.13. The maximum Gasteiger partial charge on any atom is 0.190 e. The quantitative estimate of drug-likeness (QED) is 0.316. The summed E-state index contributed by atoms with van der Waals surface area (Å²) in [5, 5.41) is 11.1. The maximum absolute atomic E-state index is 4.46. The van der Waals surface area contributed by atoms with Gasteiger partial charge in [0.15, 0.2) is 5.96 Å². The van der Waals surface area contributed by atoms with Crippen molar-refractivity contribution in [3.8, 4) is 0 Å². The molecule has 1 aromatic rings. The number of nitrogens with one attached hydrogen (secondary N) is 2. The Morgan fingerprint density at radius 2 is 1.95 bits per heavy atom. The Morgan fingerprint density at radius 1 is 1.29 bits per heavy atom. The van der Waals surface area contributed by atoms with Crippen LogP contribution in [0.1, 0.15) is 38.1 Å². The Labute approximate surface area is 146 Å². The topological polar surface area (TPSA) is 54.2 Å². The van der Waals surface area contributed by atoms with E-state index >= 15 is 0 Å². The van der Waals surface area contributed by atoms with Crippen molar-refractivity contribution in [2.75, 3.05) is 20.1 Å². The molecule has 2 N–H and O–H groups in total. The number of halogens is 1. The first-order chi connectivity index (χ1) is 9.52. The zero-order valence-electron chi connectivity index (χ0n) is 13.9. The molecule has 0 spiro atoms. The maximum atomic E-state index is 4.46. The minimum Gasteiger partial charge on any atom is -0.356 e. The zero-order chi connectivity index (χ0) is 15.0. The monoisotopic (exact) mass is 407 g/mol. The van der Waals surface area contributed by atoms with Gasteiger partial charge in [0, 0.05) is 32.4 Å². The van der Waals surface area contributed by atoms with Gasteiger partial charge in [0.05, 0.1) is 5.69 Å². The molecule has 0 bridgehead atoms. The van der Waals surface area contributed by atoms with Gasteiger partial charge in [-0.1, -0.05) is 13.8 Å². The summed E-state index contributed by atoms with van der Waals surface area (Å²) in [6, 6.07) is 2.11. The van der Waals surface area contributed by atoms with Crippen molar-refractivity contribution in [1.82, 2.24) is 20.4 Å². The number of hydrogen-bond acceptors (Lipinski definition) is 2. The van der Waals surface area contributed by atoms with E-state index in [9.17, 15) is 0 Å². The minimum atomic E-state index is 0. The van der Waals surface area contributed by atoms with Crippen LogP contribution in [0.5, 0.6) is 0 Å². The van der Waals surface area contributed by atoms with Crippen LogP contribution in [0.25, 0.3) is 0 Å². The number of aryl methyl sites for hydroxylation is 3. The van der Waals surface area contributed by atoms with Crippen LogP contribution in [0.15, 0.2) is 11.1 Å². The van der Waals surface area contributed by atoms with Crippen molar-refractivity contribution < 1.29 is 0 Å². The van der Waals surface area contributed by atoms with E-state index in [-0.39, 0.29) is 24.0 Å². The fourth-order valence-corrected chi connectivity index (χ4v) is 2.04. The fourth-order valence-electron chi connectivity index (χ4n) is 2.04. The van der Waals surface area contributed by atoms with E-state index in [4.69, 9.17) is 0 Å². The predicted molar refractivity (Wildman–Crippen MR) is 101 cm³/mol. The molecule has 0 radical (unpaired) electrons. The molecule has 1 rings (SSSR count). The number of hydrogen-bond donors (Lipinski definition) is 2. The normalized spacial score (nSPS) is 11.4. The van der Waals surface area contributed by atoms with Gasteiger partial charge in [0.2, 0.25) is 0 Å². The second kappa shape index (κ2) is 10.9. The smallest absolute Gasteiger partial charge is 0.190 e.